The van der Waals surface area contributed by atoms with Gasteiger partial charge in [0.25, 0.3) is 0 Å². The van der Waals surface area contributed by atoms with Crippen molar-refractivity contribution in [2.45, 2.75) is 24.5 Å². The first kappa shape index (κ1) is 18.5. The number of benzene rings is 2. The van der Waals surface area contributed by atoms with Crippen LogP contribution in [0.25, 0.3) is 21.2 Å². The molecule has 0 amide bonds. The van der Waals surface area contributed by atoms with Crippen molar-refractivity contribution in [3.8, 4) is 16.2 Å². The van der Waals surface area contributed by atoms with Gasteiger partial charge in [0, 0.05) is 16.9 Å². The molecular weight excluding hydrogens is 380 g/mol. The van der Waals surface area contributed by atoms with Gasteiger partial charge in [-0.2, -0.15) is 0 Å². The van der Waals surface area contributed by atoms with E-state index in [9.17, 15) is 8.42 Å². The van der Waals surface area contributed by atoms with Crippen LogP contribution < -0.4 is 4.74 Å². The van der Waals surface area contributed by atoms with Gasteiger partial charge in [0.1, 0.15) is 5.75 Å². The van der Waals surface area contributed by atoms with Gasteiger partial charge in [-0.25, -0.2) is 8.42 Å². The normalized spacial score (nSPS) is 19.2. The van der Waals surface area contributed by atoms with Crippen LogP contribution in [-0.4, -0.2) is 28.1 Å². The maximum absolute atomic E-state index is 12.4. The number of methoxy groups -OCH3 is 1. The van der Waals surface area contributed by atoms with Crippen LogP contribution in [0, 0.1) is 0 Å². The maximum Gasteiger partial charge on any atom is 0.188 e. The van der Waals surface area contributed by atoms with Crippen molar-refractivity contribution in [2.24, 2.45) is 0 Å². The molecule has 1 fully saturated rings. The van der Waals surface area contributed by atoms with E-state index in [1.807, 2.05) is 30.3 Å². The second kappa shape index (κ2) is 7.62. The molecule has 2 aromatic carbocycles. The van der Waals surface area contributed by atoms with Gasteiger partial charge in [-0.05, 0) is 59.5 Å². The molecule has 0 N–H and O–H groups in total. The Balaban J connectivity index is 1.62. The van der Waals surface area contributed by atoms with E-state index in [4.69, 9.17) is 9.47 Å². The Labute approximate surface area is 163 Å². The topological polar surface area (TPSA) is 52.6 Å². The molecule has 142 valence electrons. The molecule has 1 aliphatic rings. The molecule has 0 bridgehead atoms. The van der Waals surface area contributed by atoms with Crippen LogP contribution in [0.5, 0.6) is 5.75 Å². The third-order valence-corrected chi connectivity index (χ3v) is 8.57. The van der Waals surface area contributed by atoms with Crippen LogP contribution >= 0.6 is 11.3 Å². The predicted octanol–water partition coefficient (Wildman–Crippen LogP) is 5.19. The van der Waals surface area contributed by atoms with E-state index in [1.165, 1.54) is 0 Å². The summed E-state index contributed by atoms with van der Waals surface area (Å²) in [6.07, 6.45) is 2.52. The Hall–Kier alpha value is -1.89. The Morgan fingerprint density at radius 2 is 1.85 bits per heavy atom. The van der Waals surface area contributed by atoms with E-state index < -0.39 is 9.84 Å². The van der Waals surface area contributed by atoms with E-state index in [-0.39, 0.29) is 12.0 Å². The van der Waals surface area contributed by atoms with Crippen molar-refractivity contribution in [2.75, 3.05) is 19.7 Å². The van der Waals surface area contributed by atoms with Gasteiger partial charge in [0.05, 0.1) is 11.0 Å². The monoisotopic (exact) mass is 402 g/mol. The molecule has 1 saturated heterocycles. The summed E-state index contributed by atoms with van der Waals surface area (Å²) in [5.74, 6) is 1.09. The lowest BCUT2D eigenvalue weighted by Crippen LogP contribution is -2.20. The van der Waals surface area contributed by atoms with Crippen molar-refractivity contribution in [1.29, 1.82) is 0 Å². The number of thiophene rings is 1. The van der Waals surface area contributed by atoms with Gasteiger partial charge in [0.2, 0.25) is 0 Å². The number of fused-ring (bicyclic) bond motifs is 1. The first-order chi connectivity index (χ1) is 13.1. The minimum absolute atomic E-state index is 0.228. The first-order valence-corrected chi connectivity index (χ1v) is 11.6. The van der Waals surface area contributed by atoms with Crippen LogP contribution in [0.2, 0.25) is 0 Å². The molecular formula is C21H22O4S2. The Morgan fingerprint density at radius 1 is 1.04 bits per heavy atom. The van der Waals surface area contributed by atoms with Gasteiger partial charge in [-0.1, -0.05) is 24.6 Å². The van der Waals surface area contributed by atoms with Crippen molar-refractivity contribution >= 4 is 31.9 Å². The summed E-state index contributed by atoms with van der Waals surface area (Å²) in [6.45, 7) is 0.228. The van der Waals surface area contributed by atoms with Crippen molar-refractivity contribution < 1.29 is 17.9 Å². The quantitative estimate of drug-likeness (QED) is 0.551. The number of hydrogen-bond donors (Lipinski definition) is 0. The van der Waals surface area contributed by atoms with Gasteiger partial charge in [-0.3, -0.25) is 0 Å². The zero-order valence-corrected chi connectivity index (χ0v) is 16.8. The van der Waals surface area contributed by atoms with Crippen LogP contribution in [0.15, 0.2) is 48.5 Å². The van der Waals surface area contributed by atoms with Crippen LogP contribution in [0.1, 0.15) is 29.4 Å². The molecule has 0 saturated carbocycles. The van der Waals surface area contributed by atoms with Crippen LogP contribution in [0.3, 0.4) is 0 Å². The van der Waals surface area contributed by atoms with E-state index in [0.717, 1.165) is 51.1 Å². The molecule has 1 aromatic heterocycles. The highest BCUT2D eigenvalue weighted by Crippen LogP contribution is 2.40. The molecule has 6 heteroatoms. The molecule has 3 aromatic rings. The second-order valence-corrected chi connectivity index (χ2v) is 10.2. The van der Waals surface area contributed by atoms with Gasteiger partial charge < -0.3 is 9.47 Å². The summed E-state index contributed by atoms with van der Waals surface area (Å²) in [5.41, 5.74) is 1.11. The number of ether oxygens (including phenoxy) is 2. The number of hydrogen-bond acceptors (Lipinski definition) is 5. The Morgan fingerprint density at radius 3 is 2.67 bits per heavy atom. The highest BCUT2D eigenvalue weighted by Gasteiger charge is 2.31. The molecule has 1 atom stereocenters. The largest absolute Gasteiger partial charge is 0.468 e. The standard InChI is InChI=1S/C21H22O4S2/c1-24-14-25-18-8-7-15-12-17(6-5-16(15)13-18)19-9-10-20(26-19)21-4-2-3-11-27(21,22)23/h5-10,12-13,21H,2-4,11,14H2,1H3. The maximum atomic E-state index is 12.4. The average molecular weight is 403 g/mol. The SMILES string of the molecule is COCOc1ccc2cc(-c3ccc(C4CCCCS4(=O)=O)s3)ccc2c1. The predicted molar refractivity (Wildman–Crippen MR) is 110 cm³/mol. The van der Waals surface area contributed by atoms with Gasteiger partial charge >= 0.3 is 0 Å². The minimum atomic E-state index is -3.01. The van der Waals surface area contributed by atoms with Crippen molar-refractivity contribution in [3.63, 3.8) is 0 Å². The van der Waals surface area contributed by atoms with E-state index in [0.29, 0.717) is 5.75 Å². The summed E-state index contributed by atoms with van der Waals surface area (Å²) < 4.78 is 35.2. The zero-order valence-electron chi connectivity index (χ0n) is 15.2. The van der Waals surface area contributed by atoms with E-state index in [1.54, 1.807) is 18.4 Å². The second-order valence-electron chi connectivity index (χ2n) is 6.83. The lowest BCUT2D eigenvalue weighted by atomic mass is 10.1. The fourth-order valence-corrected chi connectivity index (χ4v) is 7.00. The van der Waals surface area contributed by atoms with Crippen LogP contribution in [-0.2, 0) is 14.6 Å². The molecule has 0 aliphatic carbocycles. The van der Waals surface area contributed by atoms with Crippen molar-refractivity contribution in [3.05, 3.63) is 53.4 Å². The smallest absolute Gasteiger partial charge is 0.188 e. The summed E-state index contributed by atoms with van der Waals surface area (Å²) in [7, 11) is -1.41. The average Bonchev–Trinajstić information content (AvgIpc) is 3.15. The molecule has 0 radical (unpaired) electrons. The Kier molecular flexibility index (Phi) is 5.21. The molecule has 1 aliphatic heterocycles. The zero-order chi connectivity index (χ0) is 18.9. The van der Waals surface area contributed by atoms with Crippen molar-refractivity contribution in [1.82, 2.24) is 0 Å². The fourth-order valence-electron chi connectivity index (χ4n) is 3.55. The van der Waals surface area contributed by atoms with Crippen LogP contribution in [0.4, 0.5) is 0 Å². The molecule has 4 rings (SSSR count). The molecule has 1 unspecified atom stereocenters. The van der Waals surface area contributed by atoms with Gasteiger partial charge in [0.15, 0.2) is 16.6 Å². The third kappa shape index (κ3) is 3.88. The summed E-state index contributed by atoms with van der Waals surface area (Å²) >= 11 is 1.60. The third-order valence-electron chi connectivity index (χ3n) is 4.96. The number of rotatable bonds is 5. The van der Waals surface area contributed by atoms with E-state index >= 15 is 0 Å². The van der Waals surface area contributed by atoms with Gasteiger partial charge in [-0.15, -0.1) is 11.3 Å². The molecule has 4 nitrogen and oxygen atoms in total. The lowest BCUT2D eigenvalue weighted by molar-refractivity contribution is 0.0512. The summed E-state index contributed by atoms with van der Waals surface area (Å²) in [4.78, 5) is 2.07. The Bertz CT molecular complexity index is 1050. The lowest BCUT2D eigenvalue weighted by Gasteiger charge is -2.20. The number of sulfone groups is 1. The highest BCUT2D eigenvalue weighted by molar-refractivity contribution is 7.91. The fraction of sp³-hybridized carbons (Fsp3) is 0.333. The molecule has 0 spiro atoms. The first-order valence-electron chi connectivity index (χ1n) is 9.04. The highest BCUT2D eigenvalue weighted by atomic mass is 32.2. The molecule has 27 heavy (non-hydrogen) atoms. The van der Waals surface area contributed by atoms with E-state index in [2.05, 4.69) is 18.2 Å². The summed E-state index contributed by atoms with van der Waals surface area (Å²) in [5, 5.41) is 1.89. The summed E-state index contributed by atoms with van der Waals surface area (Å²) in [6, 6.07) is 16.3. The minimum Gasteiger partial charge on any atom is -0.468 e. The molecule has 2 heterocycles.